The van der Waals surface area contributed by atoms with Crippen LogP contribution in [0.3, 0.4) is 0 Å². The Morgan fingerprint density at radius 2 is 2.00 bits per heavy atom. The third kappa shape index (κ3) is 3.38. The molecule has 21 heavy (non-hydrogen) atoms. The summed E-state index contributed by atoms with van der Waals surface area (Å²) in [6.45, 7) is 11.7. The maximum absolute atomic E-state index is 4.53. The van der Waals surface area contributed by atoms with Gasteiger partial charge in [0.1, 0.15) is 0 Å². The minimum Gasteiger partial charge on any atom is -0.305 e. The number of hydrogen-bond donors (Lipinski definition) is 1. The van der Waals surface area contributed by atoms with Crippen molar-refractivity contribution in [3.05, 3.63) is 51.3 Å². The molecule has 4 heteroatoms. The van der Waals surface area contributed by atoms with E-state index in [1.807, 2.05) is 6.20 Å². The molecule has 0 aliphatic rings. The lowest BCUT2D eigenvalue weighted by molar-refractivity contribution is 0.474. The Bertz CT molecular complexity index is 616. The van der Waals surface area contributed by atoms with Crippen LogP contribution < -0.4 is 5.32 Å². The van der Waals surface area contributed by atoms with E-state index in [-0.39, 0.29) is 6.04 Å². The van der Waals surface area contributed by atoms with Gasteiger partial charge >= 0.3 is 0 Å². The predicted molar refractivity (Wildman–Crippen MR) is 91.7 cm³/mol. The number of aromatic nitrogens is 2. The van der Waals surface area contributed by atoms with Crippen molar-refractivity contribution in [2.24, 2.45) is 0 Å². The van der Waals surface area contributed by atoms with Crippen LogP contribution in [0.15, 0.2) is 28.9 Å². The first kappa shape index (κ1) is 16.2. The highest BCUT2D eigenvalue weighted by Crippen LogP contribution is 2.32. The zero-order valence-electron chi connectivity index (χ0n) is 13.4. The number of hydrogen-bond acceptors (Lipinski definition) is 2. The summed E-state index contributed by atoms with van der Waals surface area (Å²) in [7, 11) is 0. The van der Waals surface area contributed by atoms with Crippen LogP contribution in [-0.4, -0.2) is 16.3 Å². The summed E-state index contributed by atoms with van der Waals surface area (Å²) < 4.78 is 3.15. The van der Waals surface area contributed by atoms with E-state index in [1.54, 1.807) is 0 Å². The Hall–Kier alpha value is -1.13. The Balaban J connectivity index is 2.59. The third-order valence-corrected chi connectivity index (χ3v) is 4.31. The standard InChI is InChI=1S/C17H24BrN3/c1-6-19-16(14-9-12(4)7-8-13(14)5)17-15(18)10-20-21(17)11(2)3/h7-11,16,19H,6H2,1-5H3. The minimum atomic E-state index is 0.147. The summed E-state index contributed by atoms with van der Waals surface area (Å²) in [5, 5.41) is 8.14. The smallest absolute Gasteiger partial charge is 0.0762 e. The highest BCUT2D eigenvalue weighted by Gasteiger charge is 2.23. The summed E-state index contributed by atoms with van der Waals surface area (Å²) in [5.74, 6) is 0. The van der Waals surface area contributed by atoms with E-state index in [1.165, 1.54) is 22.4 Å². The fourth-order valence-electron chi connectivity index (χ4n) is 2.66. The van der Waals surface area contributed by atoms with Crippen LogP contribution in [0.4, 0.5) is 0 Å². The van der Waals surface area contributed by atoms with Gasteiger partial charge in [0.2, 0.25) is 0 Å². The van der Waals surface area contributed by atoms with Gasteiger partial charge in [0, 0.05) is 6.04 Å². The molecule has 0 saturated carbocycles. The van der Waals surface area contributed by atoms with Gasteiger partial charge in [-0.15, -0.1) is 0 Å². The molecule has 2 rings (SSSR count). The quantitative estimate of drug-likeness (QED) is 0.858. The molecule has 1 N–H and O–H groups in total. The van der Waals surface area contributed by atoms with Gasteiger partial charge in [-0.3, -0.25) is 4.68 Å². The molecule has 114 valence electrons. The van der Waals surface area contributed by atoms with Crippen LogP contribution in [-0.2, 0) is 0 Å². The van der Waals surface area contributed by atoms with Gasteiger partial charge in [-0.1, -0.05) is 30.7 Å². The summed E-state index contributed by atoms with van der Waals surface area (Å²) in [6.07, 6.45) is 1.89. The predicted octanol–water partition coefficient (Wildman–Crippen LogP) is 4.54. The maximum Gasteiger partial charge on any atom is 0.0762 e. The molecule has 0 fully saturated rings. The summed E-state index contributed by atoms with van der Waals surface area (Å²) in [5.41, 5.74) is 5.10. The van der Waals surface area contributed by atoms with E-state index in [0.29, 0.717) is 6.04 Å². The second-order valence-corrected chi connectivity index (χ2v) is 6.62. The van der Waals surface area contributed by atoms with Crippen molar-refractivity contribution in [1.29, 1.82) is 0 Å². The van der Waals surface area contributed by atoms with Crippen LogP contribution in [0.1, 0.15) is 55.2 Å². The minimum absolute atomic E-state index is 0.147. The molecule has 0 radical (unpaired) electrons. The molecular formula is C17H24BrN3. The number of rotatable bonds is 5. The molecule has 1 atom stereocenters. The van der Waals surface area contributed by atoms with Crippen molar-refractivity contribution in [3.63, 3.8) is 0 Å². The number of nitrogens with zero attached hydrogens (tertiary/aromatic N) is 2. The first-order chi connectivity index (χ1) is 9.95. The highest BCUT2D eigenvalue weighted by molar-refractivity contribution is 9.10. The lowest BCUT2D eigenvalue weighted by Crippen LogP contribution is -2.26. The first-order valence-corrected chi connectivity index (χ1v) is 8.28. The van der Waals surface area contributed by atoms with Gasteiger partial charge in [0.25, 0.3) is 0 Å². The Kier molecular flexibility index (Phi) is 5.22. The van der Waals surface area contributed by atoms with E-state index in [2.05, 4.69) is 83.8 Å². The van der Waals surface area contributed by atoms with Gasteiger partial charge in [-0.2, -0.15) is 5.10 Å². The molecule has 0 amide bonds. The number of benzene rings is 1. The van der Waals surface area contributed by atoms with Crippen molar-refractivity contribution < 1.29 is 0 Å². The van der Waals surface area contributed by atoms with Crippen molar-refractivity contribution >= 4 is 15.9 Å². The Labute approximate surface area is 135 Å². The molecule has 1 heterocycles. The number of nitrogens with one attached hydrogen (secondary N) is 1. The highest BCUT2D eigenvalue weighted by atomic mass is 79.9. The van der Waals surface area contributed by atoms with Crippen LogP contribution >= 0.6 is 15.9 Å². The van der Waals surface area contributed by atoms with Gasteiger partial charge in [0.15, 0.2) is 0 Å². The fourth-order valence-corrected chi connectivity index (χ4v) is 3.16. The molecule has 3 nitrogen and oxygen atoms in total. The van der Waals surface area contributed by atoms with E-state index in [4.69, 9.17) is 0 Å². The van der Waals surface area contributed by atoms with E-state index in [9.17, 15) is 0 Å². The molecule has 0 bridgehead atoms. The SMILES string of the molecule is CCNC(c1cc(C)ccc1C)c1c(Br)cnn1C(C)C. The summed E-state index contributed by atoms with van der Waals surface area (Å²) >= 11 is 3.67. The van der Waals surface area contributed by atoms with Gasteiger partial charge in [-0.25, -0.2) is 0 Å². The van der Waals surface area contributed by atoms with Crippen molar-refractivity contribution in [2.75, 3.05) is 6.54 Å². The Morgan fingerprint density at radius 3 is 2.62 bits per heavy atom. The molecule has 1 unspecified atom stereocenters. The largest absolute Gasteiger partial charge is 0.305 e. The number of halogens is 1. The van der Waals surface area contributed by atoms with Crippen LogP contribution in [0, 0.1) is 13.8 Å². The zero-order valence-corrected chi connectivity index (χ0v) is 15.0. The maximum atomic E-state index is 4.53. The fraction of sp³-hybridized carbons (Fsp3) is 0.471. The zero-order chi connectivity index (χ0) is 15.6. The first-order valence-electron chi connectivity index (χ1n) is 7.49. The second kappa shape index (κ2) is 6.75. The van der Waals surface area contributed by atoms with Crippen molar-refractivity contribution in [1.82, 2.24) is 15.1 Å². The molecule has 0 aliphatic heterocycles. The third-order valence-electron chi connectivity index (χ3n) is 3.70. The second-order valence-electron chi connectivity index (χ2n) is 5.77. The molecule has 2 aromatic rings. The average Bonchev–Trinajstić information content (AvgIpc) is 2.81. The summed E-state index contributed by atoms with van der Waals surface area (Å²) in [6, 6.07) is 7.11. The van der Waals surface area contributed by atoms with E-state index < -0.39 is 0 Å². The molecule has 0 aliphatic carbocycles. The van der Waals surface area contributed by atoms with Gasteiger partial charge < -0.3 is 5.32 Å². The normalized spacial score (nSPS) is 12.9. The lowest BCUT2D eigenvalue weighted by atomic mass is 9.96. The van der Waals surface area contributed by atoms with Crippen LogP contribution in [0.5, 0.6) is 0 Å². The van der Waals surface area contributed by atoms with E-state index in [0.717, 1.165) is 11.0 Å². The van der Waals surface area contributed by atoms with Crippen LogP contribution in [0.25, 0.3) is 0 Å². The monoisotopic (exact) mass is 349 g/mol. The Morgan fingerprint density at radius 1 is 1.29 bits per heavy atom. The van der Waals surface area contributed by atoms with Crippen molar-refractivity contribution in [3.8, 4) is 0 Å². The lowest BCUT2D eigenvalue weighted by Gasteiger charge is -2.24. The van der Waals surface area contributed by atoms with Crippen LogP contribution in [0.2, 0.25) is 0 Å². The average molecular weight is 350 g/mol. The molecule has 1 aromatic carbocycles. The molecule has 0 saturated heterocycles. The molecule has 1 aromatic heterocycles. The number of aryl methyl sites for hydroxylation is 2. The molecule has 0 spiro atoms. The van der Waals surface area contributed by atoms with Gasteiger partial charge in [-0.05, 0) is 61.3 Å². The summed E-state index contributed by atoms with van der Waals surface area (Å²) in [4.78, 5) is 0. The van der Waals surface area contributed by atoms with Gasteiger partial charge in [0.05, 0.1) is 22.4 Å². The topological polar surface area (TPSA) is 29.9 Å². The molecular weight excluding hydrogens is 326 g/mol. The van der Waals surface area contributed by atoms with Crippen molar-refractivity contribution in [2.45, 2.75) is 46.7 Å². The van der Waals surface area contributed by atoms with E-state index >= 15 is 0 Å².